The number of nitrogens with one attached hydrogen (secondary N) is 1. The predicted molar refractivity (Wildman–Crippen MR) is 105 cm³/mol. The number of nitrogens with zero attached hydrogens (tertiary/aromatic N) is 1. The molecule has 1 N–H and O–H groups in total. The van der Waals surface area contributed by atoms with E-state index in [-0.39, 0.29) is 17.0 Å². The summed E-state index contributed by atoms with van der Waals surface area (Å²) in [5.74, 6) is 0.224. The van der Waals surface area contributed by atoms with Crippen molar-refractivity contribution in [3.05, 3.63) is 47.5 Å². The Kier molecular flexibility index (Phi) is 6.20. The Morgan fingerprint density at radius 2 is 1.72 bits per heavy atom. The van der Waals surface area contributed by atoms with Gasteiger partial charge in [-0.05, 0) is 49.6 Å². The van der Waals surface area contributed by atoms with E-state index in [9.17, 15) is 18.0 Å². The Bertz CT molecular complexity index is 878. The first-order chi connectivity index (χ1) is 13.8. The minimum absolute atomic E-state index is 0.129. The van der Waals surface area contributed by atoms with Crippen molar-refractivity contribution in [1.29, 1.82) is 0 Å². The largest absolute Gasteiger partial charge is 0.497 e. The van der Waals surface area contributed by atoms with Crippen LogP contribution in [0, 0.1) is 0 Å². The minimum Gasteiger partial charge on any atom is -0.497 e. The van der Waals surface area contributed by atoms with E-state index in [0.717, 1.165) is 44.5 Å². The van der Waals surface area contributed by atoms with Gasteiger partial charge in [-0.1, -0.05) is 0 Å². The number of piperidine rings is 1. The zero-order valence-electron chi connectivity index (χ0n) is 16.3. The molecular weight excluding hydrogens is 385 g/mol. The Balaban J connectivity index is 1.96. The van der Waals surface area contributed by atoms with Gasteiger partial charge < -0.3 is 19.7 Å². The van der Waals surface area contributed by atoms with E-state index in [2.05, 4.69) is 5.32 Å². The molecule has 0 saturated carbocycles. The highest BCUT2D eigenvalue weighted by molar-refractivity contribution is 6.08. The van der Waals surface area contributed by atoms with Crippen LogP contribution >= 0.6 is 0 Å². The maximum absolute atomic E-state index is 13.2. The van der Waals surface area contributed by atoms with E-state index in [1.807, 2.05) is 4.90 Å². The van der Waals surface area contributed by atoms with Crippen molar-refractivity contribution in [1.82, 2.24) is 0 Å². The maximum atomic E-state index is 13.2. The van der Waals surface area contributed by atoms with Crippen LogP contribution in [0.5, 0.6) is 11.5 Å². The molecule has 5 nitrogen and oxygen atoms in total. The van der Waals surface area contributed by atoms with Gasteiger partial charge in [-0.25, -0.2) is 0 Å². The zero-order chi connectivity index (χ0) is 21.0. The summed E-state index contributed by atoms with van der Waals surface area (Å²) in [7, 11) is 2.90. The van der Waals surface area contributed by atoms with Gasteiger partial charge in [0, 0.05) is 19.2 Å². The van der Waals surface area contributed by atoms with Crippen molar-refractivity contribution in [3.8, 4) is 11.5 Å². The van der Waals surface area contributed by atoms with Gasteiger partial charge in [0.2, 0.25) is 0 Å². The predicted octanol–water partition coefficient (Wildman–Crippen LogP) is 4.97. The Morgan fingerprint density at radius 1 is 1.00 bits per heavy atom. The molecular formula is C21H23F3N2O3. The molecule has 0 aliphatic carbocycles. The third kappa shape index (κ3) is 4.75. The number of hydrogen-bond donors (Lipinski definition) is 1. The summed E-state index contributed by atoms with van der Waals surface area (Å²) in [5.41, 5.74) is 0.105. The second-order valence-corrected chi connectivity index (χ2v) is 6.80. The molecule has 0 radical (unpaired) electrons. The van der Waals surface area contributed by atoms with E-state index in [0.29, 0.717) is 11.4 Å². The van der Waals surface area contributed by atoms with Gasteiger partial charge in [-0.2, -0.15) is 13.2 Å². The number of carbonyl (C=O) groups is 1. The Morgan fingerprint density at radius 3 is 2.34 bits per heavy atom. The summed E-state index contributed by atoms with van der Waals surface area (Å²) in [6.45, 7) is 1.47. The third-order valence-electron chi connectivity index (χ3n) is 4.92. The van der Waals surface area contributed by atoms with Crippen molar-refractivity contribution < 1.29 is 27.4 Å². The van der Waals surface area contributed by atoms with Gasteiger partial charge in [-0.15, -0.1) is 0 Å². The van der Waals surface area contributed by atoms with Gasteiger partial charge in [-0.3, -0.25) is 4.79 Å². The fourth-order valence-corrected chi connectivity index (χ4v) is 3.40. The lowest BCUT2D eigenvalue weighted by atomic mass is 10.1. The number of halogens is 3. The van der Waals surface area contributed by atoms with Crippen LogP contribution in [0.2, 0.25) is 0 Å². The van der Waals surface area contributed by atoms with Crippen LogP contribution in [0.25, 0.3) is 0 Å². The lowest BCUT2D eigenvalue weighted by Gasteiger charge is -2.31. The normalized spacial score (nSPS) is 14.4. The topological polar surface area (TPSA) is 50.8 Å². The number of alkyl halides is 3. The van der Waals surface area contributed by atoms with Crippen LogP contribution in [-0.4, -0.2) is 33.2 Å². The van der Waals surface area contributed by atoms with Crippen LogP contribution in [0.15, 0.2) is 36.4 Å². The monoisotopic (exact) mass is 408 g/mol. The van der Waals surface area contributed by atoms with Crippen molar-refractivity contribution in [3.63, 3.8) is 0 Å². The average molecular weight is 408 g/mol. The number of ether oxygens (including phenoxy) is 2. The molecule has 0 bridgehead atoms. The van der Waals surface area contributed by atoms with E-state index in [1.165, 1.54) is 26.4 Å². The first-order valence-corrected chi connectivity index (χ1v) is 9.33. The first-order valence-electron chi connectivity index (χ1n) is 9.33. The van der Waals surface area contributed by atoms with E-state index < -0.39 is 17.6 Å². The van der Waals surface area contributed by atoms with Gasteiger partial charge >= 0.3 is 6.18 Å². The number of rotatable bonds is 5. The van der Waals surface area contributed by atoms with Crippen LogP contribution < -0.4 is 19.7 Å². The number of benzene rings is 2. The molecule has 1 fully saturated rings. The maximum Gasteiger partial charge on any atom is 0.416 e. The molecule has 1 saturated heterocycles. The molecule has 1 aliphatic rings. The third-order valence-corrected chi connectivity index (χ3v) is 4.92. The fourth-order valence-electron chi connectivity index (χ4n) is 3.40. The molecule has 2 aromatic rings. The first kappa shape index (κ1) is 20.8. The Hall–Kier alpha value is -2.90. The summed E-state index contributed by atoms with van der Waals surface area (Å²) in [6, 6.07) is 8.11. The Labute approximate surface area is 167 Å². The van der Waals surface area contributed by atoms with Crippen LogP contribution in [-0.2, 0) is 6.18 Å². The molecule has 1 aliphatic heterocycles. The van der Waals surface area contributed by atoms with Crippen molar-refractivity contribution in [2.24, 2.45) is 0 Å². The number of anilines is 2. The zero-order valence-corrected chi connectivity index (χ0v) is 16.3. The summed E-state index contributed by atoms with van der Waals surface area (Å²) in [5, 5.41) is 2.65. The minimum atomic E-state index is -4.50. The molecule has 1 amide bonds. The molecule has 8 heteroatoms. The van der Waals surface area contributed by atoms with Crippen molar-refractivity contribution in [2.75, 3.05) is 37.5 Å². The number of methoxy groups -OCH3 is 2. The number of hydrogen-bond acceptors (Lipinski definition) is 4. The summed E-state index contributed by atoms with van der Waals surface area (Å²) >= 11 is 0. The number of carbonyl (C=O) groups excluding carboxylic acids is 1. The van der Waals surface area contributed by atoms with Gasteiger partial charge in [0.25, 0.3) is 5.91 Å². The molecule has 3 rings (SSSR count). The highest BCUT2D eigenvalue weighted by atomic mass is 19.4. The highest BCUT2D eigenvalue weighted by Gasteiger charge is 2.32. The smallest absolute Gasteiger partial charge is 0.416 e. The van der Waals surface area contributed by atoms with Gasteiger partial charge in [0.05, 0.1) is 36.7 Å². The molecule has 1 heterocycles. The van der Waals surface area contributed by atoms with Crippen molar-refractivity contribution in [2.45, 2.75) is 25.4 Å². The van der Waals surface area contributed by atoms with E-state index >= 15 is 0 Å². The molecule has 0 aromatic heterocycles. The standard InChI is InChI=1S/C21H23F3N2O3/c1-28-15-7-8-16(19(13-15)29-2)20(27)25-17-12-14(21(22,23)24)6-9-18(17)26-10-4-3-5-11-26/h6-9,12-13H,3-5,10-11H2,1-2H3,(H,25,27). The summed E-state index contributed by atoms with van der Waals surface area (Å²) < 4.78 is 50.1. The van der Waals surface area contributed by atoms with Crippen LogP contribution in [0.4, 0.5) is 24.5 Å². The number of amides is 1. The second kappa shape index (κ2) is 8.63. The lowest BCUT2D eigenvalue weighted by molar-refractivity contribution is -0.137. The summed E-state index contributed by atoms with van der Waals surface area (Å²) in [6.07, 6.45) is -1.50. The summed E-state index contributed by atoms with van der Waals surface area (Å²) in [4.78, 5) is 14.9. The quantitative estimate of drug-likeness (QED) is 0.759. The second-order valence-electron chi connectivity index (χ2n) is 6.80. The van der Waals surface area contributed by atoms with Crippen molar-refractivity contribution >= 4 is 17.3 Å². The van der Waals surface area contributed by atoms with Crippen LogP contribution in [0.3, 0.4) is 0 Å². The van der Waals surface area contributed by atoms with Gasteiger partial charge in [0.15, 0.2) is 0 Å². The van der Waals surface area contributed by atoms with Gasteiger partial charge in [0.1, 0.15) is 11.5 Å². The molecule has 0 atom stereocenters. The fraction of sp³-hybridized carbons (Fsp3) is 0.381. The van der Waals surface area contributed by atoms with E-state index in [1.54, 1.807) is 12.1 Å². The molecule has 156 valence electrons. The molecule has 0 spiro atoms. The highest BCUT2D eigenvalue weighted by Crippen LogP contribution is 2.37. The average Bonchev–Trinajstić information content (AvgIpc) is 2.73. The molecule has 0 unspecified atom stereocenters. The van der Waals surface area contributed by atoms with E-state index in [4.69, 9.17) is 9.47 Å². The molecule has 2 aromatic carbocycles. The van der Waals surface area contributed by atoms with Crippen LogP contribution in [0.1, 0.15) is 35.2 Å². The lowest BCUT2D eigenvalue weighted by Crippen LogP contribution is -2.30. The SMILES string of the molecule is COc1ccc(C(=O)Nc2cc(C(F)(F)F)ccc2N2CCCCC2)c(OC)c1. The molecule has 29 heavy (non-hydrogen) atoms.